The minimum atomic E-state index is -0.116. The van der Waals surface area contributed by atoms with Crippen molar-refractivity contribution in [3.8, 4) is 5.75 Å². The van der Waals surface area contributed by atoms with Gasteiger partial charge in [0.25, 0.3) is 6.02 Å². The second-order valence-corrected chi connectivity index (χ2v) is 6.50. The molecule has 0 aromatic heterocycles. The highest BCUT2D eigenvalue weighted by Crippen LogP contribution is 2.41. The zero-order valence-corrected chi connectivity index (χ0v) is 14.3. The molecule has 0 fully saturated rings. The van der Waals surface area contributed by atoms with Crippen molar-refractivity contribution < 1.29 is 4.74 Å². The Morgan fingerprint density at radius 3 is 2.46 bits per heavy atom. The molecule has 1 unspecified atom stereocenters. The van der Waals surface area contributed by atoms with E-state index in [1.807, 2.05) is 61.5 Å². The predicted octanol–water partition coefficient (Wildman–Crippen LogP) is 4.89. The molecule has 4 heteroatoms. The van der Waals surface area contributed by atoms with Crippen LogP contribution in [-0.4, -0.2) is 25.0 Å². The van der Waals surface area contributed by atoms with Crippen LogP contribution in [0.2, 0.25) is 5.02 Å². The van der Waals surface area contributed by atoms with Crippen molar-refractivity contribution in [3.63, 3.8) is 0 Å². The SMILES string of the molecule is CN(C)C1=NC(c2ccc(Cl)cc2)c2c(ccc3ccccc23)O1. The Morgan fingerprint density at radius 2 is 1.71 bits per heavy atom. The van der Waals surface area contributed by atoms with Gasteiger partial charge in [0, 0.05) is 24.7 Å². The highest BCUT2D eigenvalue weighted by atomic mass is 35.5. The van der Waals surface area contributed by atoms with Gasteiger partial charge < -0.3 is 9.64 Å². The van der Waals surface area contributed by atoms with Crippen LogP contribution in [0.3, 0.4) is 0 Å². The van der Waals surface area contributed by atoms with Gasteiger partial charge in [0.05, 0.1) is 0 Å². The quantitative estimate of drug-likeness (QED) is 0.632. The van der Waals surface area contributed by atoms with Crippen molar-refractivity contribution in [2.45, 2.75) is 6.04 Å². The molecule has 0 saturated heterocycles. The summed E-state index contributed by atoms with van der Waals surface area (Å²) in [6.07, 6.45) is 0. The maximum Gasteiger partial charge on any atom is 0.293 e. The molecular weight excluding hydrogens is 320 g/mol. The lowest BCUT2D eigenvalue weighted by molar-refractivity contribution is 0.407. The number of hydrogen-bond acceptors (Lipinski definition) is 3. The molecule has 0 aliphatic carbocycles. The molecule has 1 aliphatic heterocycles. The third-order valence-corrected chi connectivity index (χ3v) is 4.47. The van der Waals surface area contributed by atoms with Crippen molar-refractivity contribution in [1.29, 1.82) is 0 Å². The van der Waals surface area contributed by atoms with E-state index in [4.69, 9.17) is 21.3 Å². The first-order valence-corrected chi connectivity index (χ1v) is 8.21. The molecule has 3 aromatic rings. The molecule has 0 amide bonds. The van der Waals surface area contributed by atoms with Gasteiger partial charge in [0.2, 0.25) is 0 Å². The Morgan fingerprint density at radius 1 is 0.958 bits per heavy atom. The predicted molar refractivity (Wildman–Crippen MR) is 99.0 cm³/mol. The average molecular weight is 337 g/mol. The standard InChI is InChI=1S/C20H17ClN2O/c1-23(2)20-22-19(14-7-10-15(21)11-8-14)18-16-6-4-3-5-13(16)9-12-17(18)24-20/h3-12,19H,1-2H3. The van der Waals surface area contributed by atoms with Crippen molar-refractivity contribution in [1.82, 2.24) is 4.90 Å². The monoisotopic (exact) mass is 336 g/mol. The molecule has 3 aromatic carbocycles. The lowest BCUT2D eigenvalue weighted by Gasteiger charge is -2.28. The molecule has 0 radical (unpaired) electrons. The van der Waals surface area contributed by atoms with Gasteiger partial charge in [0.15, 0.2) is 0 Å². The fraction of sp³-hybridized carbons (Fsp3) is 0.150. The van der Waals surface area contributed by atoms with Gasteiger partial charge in [0.1, 0.15) is 11.8 Å². The van der Waals surface area contributed by atoms with Gasteiger partial charge >= 0.3 is 0 Å². The first-order chi connectivity index (χ1) is 11.6. The highest BCUT2D eigenvalue weighted by Gasteiger charge is 2.27. The van der Waals surface area contributed by atoms with Crippen LogP contribution in [0.4, 0.5) is 0 Å². The first-order valence-electron chi connectivity index (χ1n) is 7.83. The van der Waals surface area contributed by atoms with Crippen molar-refractivity contribution in [2.75, 3.05) is 14.1 Å². The Kier molecular flexibility index (Phi) is 3.66. The molecule has 120 valence electrons. The maximum absolute atomic E-state index is 6.06. The first kappa shape index (κ1) is 15.0. The summed E-state index contributed by atoms with van der Waals surface area (Å²) < 4.78 is 6.03. The fourth-order valence-corrected chi connectivity index (χ4v) is 3.17. The van der Waals surface area contributed by atoms with E-state index in [1.165, 1.54) is 5.39 Å². The molecule has 1 heterocycles. The number of rotatable bonds is 1. The lowest BCUT2D eigenvalue weighted by atomic mass is 9.92. The van der Waals surface area contributed by atoms with Crippen molar-refractivity contribution in [2.24, 2.45) is 4.99 Å². The van der Waals surface area contributed by atoms with Gasteiger partial charge in [-0.25, -0.2) is 4.99 Å². The molecular formula is C20H17ClN2O. The zero-order chi connectivity index (χ0) is 16.7. The van der Waals surface area contributed by atoms with E-state index in [0.717, 1.165) is 27.3 Å². The summed E-state index contributed by atoms with van der Waals surface area (Å²) in [7, 11) is 3.87. The highest BCUT2D eigenvalue weighted by molar-refractivity contribution is 6.30. The van der Waals surface area contributed by atoms with E-state index in [1.54, 1.807) is 0 Å². The number of fused-ring (bicyclic) bond motifs is 3. The van der Waals surface area contributed by atoms with Crippen LogP contribution in [0.25, 0.3) is 10.8 Å². The number of amidine groups is 1. The molecule has 0 spiro atoms. The third-order valence-electron chi connectivity index (χ3n) is 4.21. The maximum atomic E-state index is 6.06. The van der Waals surface area contributed by atoms with E-state index in [9.17, 15) is 0 Å². The average Bonchev–Trinajstić information content (AvgIpc) is 2.61. The molecule has 3 nitrogen and oxygen atoms in total. The minimum Gasteiger partial charge on any atom is -0.426 e. The van der Waals surface area contributed by atoms with E-state index in [0.29, 0.717) is 6.02 Å². The minimum absolute atomic E-state index is 0.116. The smallest absolute Gasteiger partial charge is 0.293 e. The molecule has 0 saturated carbocycles. The summed E-state index contributed by atoms with van der Waals surface area (Å²) in [5, 5.41) is 3.07. The number of ether oxygens (including phenoxy) is 1. The third kappa shape index (κ3) is 2.51. The molecule has 4 rings (SSSR count). The number of hydrogen-bond donors (Lipinski definition) is 0. The van der Waals surface area contributed by atoms with E-state index < -0.39 is 0 Å². The number of benzene rings is 3. The molecule has 1 atom stereocenters. The van der Waals surface area contributed by atoms with Crippen LogP contribution in [0, 0.1) is 0 Å². The van der Waals surface area contributed by atoms with Crippen molar-refractivity contribution >= 4 is 28.4 Å². The zero-order valence-electron chi connectivity index (χ0n) is 13.5. The van der Waals surface area contributed by atoms with E-state index in [-0.39, 0.29) is 6.04 Å². The molecule has 0 N–H and O–H groups in total. The summed E-state index contributed by atoms with van der Waals surface area (Å²) in [5.74, 6) is 0.854. The Hall–Kier alpha value is -2.52. The largest absolute Gasteiger partial charge is 0.426 e. The van der Waals surface area contributed by atoms with Gasteiger partial charge in [-0.15, -0.1) is 0 Å². The van der Waals surface area contributed by atoms with Gasteiger partial charge in [-0.1, -0.05) is 54.1 Å². The van der Waals surface area contributed by atoms with Crippen molar-refractivity contribution in [3.05, 3.63) is 76.8 Å². The fourth-order valence-electron chi connectivity index (χ4n) is 3.04. The number of aliphatic imine (C=N–C) groups is 1. The second kappa shape index (κ2) is 5.84. The topological polar surface area (TPSA) is 24.8 Å². The normalized spacial score (nSPS) is 16.3. The van der Waals surface area contributed by atoms with Gasteiger partial charge in [-0.2, -0.15) is 0 Å². The van der Waals surface area contributed by atoms with E-state index >= 15 is 0 Å². The van der Waals surface area contributed by atoms with Gasteiger partial charge in [-0.05, 0) is 34.5 Å². The van der Waals surface area contributed by atoms with Crippen LogP contribution in [-0.2, 0) is 0 Å². The van der Waals surface area contributed by atoms with E-state index in [2.05, 4.69) is 18.2 Å². The van der Waals surface area contributed by atoms with Crippen LogP contribution < -0.4 is 4.74 Å². The Bertz CT molecular complexity index is 932. The lowest BCUT2D eigenvalue weighted by Crippen LogP contribution is -2.31. The van der Waals surface area contributed by atoms with Gasteiger partial charge in [-0.3, -0.25) is 0 Å². The summed E-state index contributed by atoms with van der Waals surface area (Å²) in [6.45, 7) is 0. The number of nitrogens with zero attached hydrogens (tertiary/aromatic N) is 2. The summed E-state index contributed by atoms with van der Waals surface area (Å²) in [4.78, 5) is 6.74. The Balaban J connectivity index is 1.97. The number of halogens is 1. The summed E-state index contributed by atoms with van der Waals surface area (Å²) in [5.41, 5.74) is 2.20. The van der Waals surface area contributed by atoms with Crippen LogP contribution in [0.5, 0.6) is 5.75 Å². The molecule has 24 heavy (non-hydrogen) atoms. The van der Waals surface area contributed by atoms with Crippen LogP contribution in [0.15, 0.2) is 65.7 Å². The molecule has 0 bridgehead atoms. The van der Waals surface area contributed by atoms with Crippen LogP contribution in [0.1, 0.15) is 17.2 Å². The van der Waals surface area contributed by atoms with Crippen LogP contribution >= 0.6 is 11.6 Å². The Labute approximate surface area is 146 Å². The summed E-state index contributed by atoms with van der Waals surface area (Å²) >= 11 is 6.06. The molecule has 1 aliphatic rings. The summed E-state index contributed by atoms with van der Waals surface area (Å²) in [6, 6.07) is 20.8. The second-order valence-electron chi connectivity index (χ2n) is 6.06.